The minimum atomic E-state index is -0.693. The van der Waals surface area contributed by atoms with Gasteiger partial charge in [-0.15, -0.1) is 0 Å². The van der Waals surface area contributed by atoms with Crippen molar-refractivity contribution in [3.8, 4) is 0 Å². The molecule has 1 rings (SSSR count). The second-order valence-electron chi connectivity index (χ2n) is 5.01. The Labute approximate surface area is 103 Å². The van der Waals surface area contributed by atoms with Crippen LogP contribution in [0.5, 0.6) is 0 Å². The summed E-state index contributed by atoms with van der Waals surface area (Å²) in [4.78, 5) is 24.9. The van der Waals surface area contributed by atoms with Crippen molar-refractivity contribution < 1.29 is 20.4 Å². The third kappa shape index (κ3) is 3.47. The van der Waals surface area contributed by atoms with Gasteiger partial charge in [-0.3, -0.25) is 4.90 Å². The molecule has 17 heavy (non-hydrogen) atoms. The number of carbonyl (C=O) groups is 2. The van der Waals surface area contributed by atoms with Gasteiger partial charge in [0.15, 0.2) is 0 Å². The van der Waals surface area contributed by atoms with Gasteiger partial charge in [0, 0.05) is 13.0 Å². The zero-order chi connectivity index (χ0) is 13.9. The predicted octanol–water partition coefficient (Wildman–Crippen LogP) is 1.72. The average molecular weight is 242 g/mol. The van der Waals surface area contributed by atoms with Gasteiger partial charge in [-0.25, -0.2) is 9.59 Å². The smallest absolute Gasteiger partial charge is 0.411 e. The fourth-order valence-corrected chi connectivity index (χ4v) is 1.61. The first-order valence-electron chi connectivity index (χ1n) is 6.00. The molecule has 0 spiro atoms. The first kappa shape index (κ1) is 12.0. The molecule has 0 aromatic rings. The lowest BCUT2D eigenvalue weighted by Gasteiger charge is -2.27. The molecule has 0 radical (unpaired) electrons. The number of nitrogens with zero attached hydrogens (tertiary/aromatic N) is 1. The Kier molecular flexibility index (Phi) is 3.36. The van der Waals surface area contributed by atoms with Crippen LogP contribution in [0.3, 0.4) is 0 Å². The molecule has 5 nitrogen and oxygen atoms in total. The van der Waals surface area contributed by atoms with E-state index in [1.165, 1.54) is 18.6 Å². The molecule has 0 bridgehead atoms. The zero-order valence-electron chi connectivity index (χ0n) is 11.6. The lowest BCUT2D eigenvalue weighted by Crippen LogP contribution is -2.43. The molecule has 0 unspecified atom stereocenters. The van der Waals surface area contributed by atoms with E-state index in [0.29, 0.717) is 12.0 Å². The first-order valence-corrected chi connectivity index (χ1v) is 5.42. The molecule has 0 aromatic carbocycles. The summed E-state index contributed by atoms with van der Waals surface area (Å²) in [5, 5.41) is 0. The van der Waals surface area contributed by atoms with E-state index in [1.807, 2.05) is 0 Å². The van der Waals surface area contributed by atoms with Gasteiger partial charge in [0.05, 0.1) is 8.48 Å². The van der Waals surface area contributed by atoms with Crippen LogP contribution in [-0.2, 0) is 14.3 Å². The van der Waals surface area contributed by atoms with E-state index in [2.05, 4.69) is 4.74 Å². The summed E-state index contributed by atoms with van der Waals surface area (Å²) < 4.78 is 17.1. The lowest BCUT2D eigenvalue weighted by molar-refractivity contribution is -0.145. The quantitative estimate of drug-likeness (QED) is 0.519. The Morgan fingerprint density at radius 1 is 1.53 bits per heavy atom. The largest absolute Gasteiger partial charge is 0.467 e. The maximum absolute atomic E-state index is 12.0. The zero-order valence-corrected chi connectivity index (χ0v) is 10.6. The Balaban J connectivity index is 2.84. The number of hydrogen-bond donors (Lipinski definition) is 0. The van der Waals surface area contributed by atoms with E-state index in [9.17, 15) is 9.59 Å². The number of likely N-dealkylation sites (tertiary alicyclic amines) is 1. The van der Waals surface area contributed by atoms with Crippen LogP contribution >= 0.6 is 0 Å². The topological polar surface area (TPSA) is 55.8 Å². The Morgan fingerprint density at radius 2 is 2.18 bits per heavy atom. The third-order valence-electron chi connectivity index (χ3n) is 2.31. The van der Waals surface area contributed by atoms with Crippen LogP contribution in [0.1, 0.15) is 28.6 Å². The molecule has 1 fully saturated rings. The molecule has 0 aliphatic carbocycles. The summed E-state index contributed by atoms with van der Waals surface area (Å²) in [6.45, 7) is 6.68. The number of carbonyl (C=O) groups excluding carboxylic acids is 2. The highest BCUT2D eigenvalue weighted by Crippen LogP contribution is 2.24. The van der Waals surface area contributed by atoms with E-state index in [1.54, 1.807) is 20.8 Å². The minimum absolute atomic E-state index is 0.234. The number of hydrogen-bond acceptors (Lipinski definition) is 4. The average Bonchev–Trinajstić information content (AvgIpc) is 2.69. The van der Waals surface area contributed by atoms with Gasteiger partial charge in [-0.1, -0.05) is 12.1 Å². The van der Waals surface area contributed by atoms with Gasteiger partial charge in [0.1, 0.15) is 11.6 Å². The fourth-order valence-electron chi connectivity index (χ4n) is 1.61. The van der Waals surface area contributed by atoms with Crippen molar-refractivity contribution in [1.82, 2.24) is 4.90 Å². The summed E-state index contributed by atoms with van der Waals surface area (Å²) >= 11 is 0. The third-order valence-corrected chi connectivity index (χ3v) is 2.31. The first-order chi connectivity index (χ1) is 8.28. The molecule has 0 aromatic heterocycles. The molecule has 1 saturated heterocycles. The highest BCUT2D eigenvalue weighted by Gasteiger charge is 2.38. The van der Waals surface area contributed by atoms with Crippen LogP contribution in [0, 0.1) is 0 Å². The molecule has 1 atom stereocenters. The maximum Gasteiger partial charge on any atom is 0.411 e. The van der Waals surface area contributed by atoms with Crippen molar-refractivity contribution in [1.29, 1.82) is 0 Å². The number of ether oxygens (including phenoxy) is 2. The van der Waals surface area contributed by atoms with Gasteiger partial charge in [-0.05, 0) is 20.8 Å². The standard InChI is InChI=1S/C12H19NO4/c1-8-6-9(10(14)16-5)13(7-8)11(15)17-12(2,3)4/h9H,1,6-7H2,2-5H3/t9-/m0/s1/i1D. The van der Waals surface area contributed by atoms with Gasteiger partial charge < -0.3 is 9.47 Å². The molecule has 0 saturated carbocycles. The molecule has 96 valence electrons. The van der Waals surface area contributed by atoms with E-state index >= 15 is 0 Å². The van der Waals surface area contributed by atoms with Crippen LogP contribution in [0.2, 0.25) is 0 Å². The number of methoxy groups -OCH3 is 1. The van der Waals surface area contributed by atoms with Crippen LogP contribution in [-0.4, -0.2) is 42.3 Å². The van der Waals surface area contributed by atoms with Gasteiger partial charge >= 0.3 is 12.1 Å². The van der Waals surface area contributed by atoms with Crippen LogP contribution < -0.4 is 0 Å². The summed E-state index contributed by atoms with van der Waals surface area (Å²) in [5.74, 6) is -0.488. The molecule has 0 N–H and O–H groups in total. The van der Waals surface area contributed by atoms with Crippen molar-refractivity contribution in [3.63, 3.8) is 0 Å². The lowest BCUT2D eigenvalue weighted by atomic mass is 10.2. The number of amides is 1. The number of rotatable bonds is 1. The molecular formula is C12H19NO4. The van der Waals surface area contributed by atoms with Crippen molar-refractivity contribution in [2.24, 2.45) is 0 Å². The predicted molar refractivity (Wildman–Crippen MR) is 62.5 cm³/mol. The van der Waals surface area contributed by atoms with E-state index in [-0.39, 0.29) is 6.54 Å². The second kappa shape index (κ2) is 4.77. The molecule has 1 amide bonds. The Morgan fingerprint density at radius 3 is 2.65 bits per heavy atom. The molecule has 5 heteroatoms. The van der Waals surface area contributed by atoms with Crippen molar-refractivity contribution in [2.75, 3.05) is 13.7 Å². The van der Waals surface area contributed by atoms with E-state index < -0.39 is 23.7 Å². The van der Waals surface area contributed by atoms with Crippen molar-refractivity contribution >= 4 is 12.1 Å². The van der Waals surface area contributed by atoms with Crippen molar-refractivity contribution in [3.05, 3.63) is 12.1 Å². The summed E-state index contributed by atoms with van der Waals surface area (Å²) in [6.07, 6.45) is -0.232. The second-order valence-corrected chi connectivity index (χ2v) is 5.01. The highest BCUT2D eigenvalue weighted by molar-refractivity contribution is 5.83. The van der Waals surface area contributed by atoms with E-state index in [4.69, 9.17) is 6.11 Å². The molecule has 1 aliphatic rings. The Bertz CT molecular complexity index is 373. The van der Waals surface area contributed by atoms with E-state index in [0.717, 1.165) is 0 Å². The monoisotopic (exact) mass is 242 g/mol. The normalized spacial score (nSPS) is 23.5. The molecule has 1 aliphatic heterocycles. The summed E-state index contributed by atoms with van der Waals surface area (Å²) in [6, 6.07) is -0.693. The molecular weight excluding hydrogens is 222 g/mol. The molecule has 1 heterocycles. The van der Waals surface area contributed by atoms with Crippen LogP contribution in [0.4, 0.5) is 4.79 Å². The SMILES string of the molecule is [2H]C=C1C[C@@H](C(=O)OC)N(C(=O)OC(C)(C)C)C1. The summed E-state index contributed by atoms with van der Waals surface area (Å²) in [7, 11) is 1.28. The number of esters is 1. The summed E-state index contributed by atoms with van der Waals surface area (Å²) in [5.41, 5.74) is 0.0850. The van der Waals surface area contributed by atoms with Crippen LogP contribution in [0.15, 0.2) is 12.1 Å². The maximum atomic E-state index is 12.0. The Hall–Kier alpha value is -1.52. The van der Waals surface area contributed by atoms with Crippen LogP contribution in [0.25, 0.3) is 0 Å². The van der Waals surface area contributed by atoms with Gasteiger partial charge in [-0.2, -0.15) is 0 Å². The van der Waals surface area contributed by atoms with Crippen molar-refractivity contribution in [2.45, 2.75) is 38.8 Å². The van der Waals surface area contributed by atoms with Gasteiger partial charge in [0.2, 0.25) is 0 Å². The van der Waals surface area contributed by atoms with Gasteiger partial charge in [0.25, 0.3) is 0 Å². The fraction of sp³-hybridized carbons (Fsp3) is 0.667. The minimum Gasteiger partial charge on any atom is -0.467 e. The highest BCUT2D eigenvalue weighted by atomic mass is 16.6.